The molecule has 0 spiro atoms. The minimum Gasteiger partial charge on any atom is -0.337 e. The predicted molar refractivity (Wildman–Crippen MR) is 77.2 cm³/mol. The van der Waals surface area contributed by atoms with E-state index in [1.165, 1.54) is 0 Å². The molecule has 1 amide bonds. The van der Waals surface area contributed by atoms with Gasteiger partial charge in [0.25, 0.3) is 5.91 Å². The monoisotopic (exact) mass is 330 g/mol. The molecule has 1 aromatic rings. The summed E-state index contributed by atoms with van der Waals surface area (Å²) in [4.78, 5) is 16.6. The van der Waals surface area contributed by atoms with Crippen molar-refractivity contribution in [3.63, 3.8) is 0 Å². The van der Waals surface area contributed by atoms with Crippen LogP contribution in [0.1, 0.15) is 16.8 Å². The topological polar surface area (TPSA) is 23.6 Å². The number of likely N-dealkylation sites (N-methyl/N-ethyl adjacent to an activating group) is 1. The summed E-state index contributed by atoms with van der Waals surface area (Å²) in [5.74, 6) is 0.0553. The molecule has 0 N–H and O–H groups in total. The van der Waals surface area contributed by atoms with Crippen LogP contribution in [0, 0.1) is 0 Å². The van der Waals surface area contributed by atoms with E-state index in [1.807, 2.05) is 11.0 Å². The van der Waals surface area contributed by atoms with Crippen LogP contribution in [-0.2, 0) is 0 Å². The third-order valence-electron chi connectivity index (χ3n) is 3.17. The summed E-state index contributed by atoms with van der Waals surface area (Å²) in [6, 6.07) is 5.32. The smallest absolute Gasteiger partial charge is 0.255 e. The molecule has 5 heteroatoms. The molecular weight excluding hydrogens is 316 g/mol. The third kappa shape index (κ3) is 3.25. The van der Waals surface area contributed by atoms with Crippen molar-refractivity contribution in [3.05, 3.63) is 33.3 Å². The van der Waals surface area contributed by atoms with E-state index < -0.39 is 0 Å². The average Bonchev–Trinajstić information content (AvgIpc) is 2.56. The van der Waals surface area contributed by atoms with Gasteiger partial charge in [0.15, 0.2) is 0 Å². The highest BCUT2D eigenvalue weighted by Crippen LogP contribution is 2.23. The zero-order valence-corrected chi connectivity index (χ0v) is 12.7. The molecule has 1 saturated heterocycles. The van der Waals surface area contributed by atoms with Crippen LogP contribution in [-0.4, -0.2) is 48.9 Å². The zero-order valence-electron chi connectivity index (χ0n) is 10.3. The molecule has 0 aliphatic carbocycles. The lowest BCUT2D eigenvalue weighted by atomic mass is 10.2. The number of amides is 1. The van der Waals surface area contributed by atoms with Crippen molar-refractivity contribution in [2.45, 2.75) is 6.42 Å². The Morgan fingerprint density at radius 3 is 2.83 bits per heavy atom. The summed E-state index contributed by atoms with van der Waals surface area (Å²) in [6.07, 6.45) is 1.01. The van der Waals surface area contributed by atoms with Crippen molar-refractivity contribution >= 4 is 33.4 Å². The van der Waals surface area contributed by atoms with E-state index in [1.54, 1.807) is 12.1 Å². The van der Waals surface area contributed by atoms with E-state index in [9.17, 15) is 4.79 Å². The molecule has 18 heavy (non-hydrogen) atoms. The lowest BCUT2D eigenvalue weighted by Crippen LogP contribution is -2.34. The molecule has 1 aliphatic rings. The highest BCUT2D eigenvalue weighted by Gasteiger charge is 2.20. The number of carbonyl (C=O) groups excluding carboxylic acids is 1. The van der Waals surface area contributed by atoms with Crippen LogP contribution < -0.4 is 0 Å². The number of carbonyl (C=O) groups is 1. The summed E-state index contributed by atoms with van der Waals surface area (Å²) in [5, 5.41) is 0.591. The first-order chi connectivity index (χ1) is 8.58. The van der Waals surface area contributed by atoms with Gasteiger partial charge in [-0.1, -0.05) is 11.6 Å². The summed E-state index contributed by atoms with van der Waals surface area (Å²) in [5.41, 5.74) is 0.645. The minimum atomic E-state index is 0.0553. The van der Waals surface area contributed by atoms with E-state index in [2.05, 4.69) is 27.9 Å². The van der Waals surface area contributed by atoms with Crippen molar-refractivity contribution in [1.29, 1.82) is 0 Å². The maximum atomic E-state index is 12.5. The summed E-state index contributed by atoms with van der Waals surface area (Å²) < 4.78 is 0.800. The Kier molecular flexibility index (Phi) is 4.65. The van der Waals surface area contributed by atoms with Crippen LogP contribution in [0.15, 0.2) is 22.7 Å². The van der Waals surface area contributed by atoms with Gasteiger partial charge in [-0.2, -0.15) is 0 Å². The van der Waals surface area contributed by atoms with Gasteiger partial charge in [-0.25, -0.2) is 0 Å². The Hall–Kier alpha value is -0.580. The minimum absolute atomic E-state index is 0.0553. The van der Waals surface area contributed by atoms with Crippen LogP contribution in [0.4, 0.5) is 0 Å². The normalized spacial score (nSPS) is 17.6. The molecular formula is C13H16BrClN2O. The Morgan fingerprint density at radius 2 is 2.06 bits per heavy atom. The highest BCUT2D eigenvalue weighted by molar-refractivity contribution is 9.10. The number of nitrogens with zero attached hydrogens (tertiary/aromatic N) is 2. The van der Waals surface area contributed by atoms with Crippen molar-refractivity contribution < 1.29 is 4.79 Å². The standard InChI is InChI=1S/C13H16BrClN2O/c1-16-5-2-6-17(8-7-16)13(18)11-9-10(15)3-4-12(11)14/h3-4,9H,2,5-8H2,1H3. The van der Waals surface area contributed by atoms with E-state index in [-0.39, 0.29) is 5.91 Å². The molecule has 0 atom stereocenters. The quantitative estimate of drug-likeness (QED) is 0.790. The second kappa shape index (κ2) is 6.04. The largest absolute Gasteiger partial charge is 0.337 e. The number of hydrogen-bond acceptors (Lipinski definition) is 2. The summed E-state index contributed by atoms with van der Waals surface area (Å²) in [7, 11) is 2.09. The van der Waals surface area contributed by atoms with Crippen molar-refractivity contribution in [3.8, 4) is 0 Å². The van der Waals surface area contributed by atoms with E-state index in [0.29, 0.717) is 10.6 Å². The van der Waals surface area contributed by atoms with Crippen LogP contribution in [0.5, 0.6) is 0 Å². The van der Waals surface area contributed by atoms with Gasteiger partial charge in [0, 0.05) is 29.1 Å². The van der Waals surface area contributed by atoms with E-state index in [4.69, 9.17) is 11.6 Å². The molecule has 0 aromatic heterocycles. The van der Waals surface area contributed by atoms with Gasteiger partial charge in [-0.15, -0.1) is 0 Å². The van der Waals surface area contributed by atoms with Crippen LogP contribution >= 0.6 is 27.5 Å². The molecule has 1 heterocycles. The first-order valence-electron chi connectivity index (χ1n) is 6.01. The molecule has 1 aliphatic heterocycles. The first-order valence-corrected chi connectivity index (χ1v) is 7.18. The molecule has 98 valence electrons. The van der Waals surface area contributed by atoms with Crippen molar-refractivity contribution in [1.82, 2.24) is 9.80 Å². The van der Waals surface area contributed by atoms with Gasteiger partial charge in [-0.05, 0) is 54.1 Å². The Bertz CT molecular complexity index is 453. The van der Waals surface area contributed by atoms with Gasteiger partial charge in [-0.3, -0.25) is 4.79 Å². The second-order valence-corrected chi connectivity index (χ2v) is 5.86. The Labute approximate surface area is 121 Å². The SMILES string of the molecule is CN1CCCN(C(=O)c2cc(Cl)ccc2Br)CC1. The van der Waals surface area contributed by atoms with Gasteiger partial charge in [0.2, 0.25) is 0 Å². The average molecular weight is 332 g/mol. The highest BCUT2D eigenvalue weighted by atomic mass is 79.9. The van der Waals surface area contributed by atoms with Crippen molar-refractivity contribution in [2.24, 2.45) is 0 Å². The Balaban J connectivity index is 2.17. The fourth-order valence-corrected chi connectivity index (χ4v) is 2.67. The molecule has 0 bridgehead atoms. The third-order valence-corrected chi connectivity index (χ3v) is 4.09. The molecule has 0 radical (unpaired) electrons. The van der Waals surface area contributed by atoms with Crippen LogP contribution in [0.2, 0.25) is 5.02 Å². The molecule has 2 rings (SSSR count). The molecule has 3 nitrogen and oxygen atoms in total. The van der Waals surface area contributed by atoms with Crippen molar-refractivity contribution in [2.75, 3.05) is 33.2 Å². The van der Waals surface area contributed by atoms with E-state index in [0.717, 1.165) is 37.1 Å². The Morgan fingerprint density at radius 1 is 1.28 bits per heavy atom. The summed E-state index contributed by atoms with van der Waals surface area (Å²) in [6.45, 7) is 3.54. The lowest BCUT2D eigenvalue weighted by Gasteiger charge is -2.21. The fourth-order valence-electron chi connectivity index (χ4n) is 2.08. The van der Waals surface area contributed by atoms with E-state index >= 15 is 0 Å². The number of hydrogen-bond donors (Lipinski definition) is 0. The maximum Gasteiger partial charge on any atom is 0.255 e. The number of halogens is 2. The molecule has 1 fully saturated rings. The molecule has 1 aromatic carbocycles. The van der Waals surface area contributed by atoms with Gasteiger partial charge >= 0.3 is 0 Å². The molecule has 0 unspecified atom stereocenters. The zero-order chi connectivity index (χ0) is 13.1. The first kappa shape index (κ1) is 13.8. The van der Waals surface area contributed by atoms with Gasteiger partial charge in [0.05, 0.1) is 5.56 Å². The maximum absolute atomic E-state index is 12.5. The second-order valence-electron chi connectivity index (χ2n) is 4.57. The van der Waals surface area contributed by atoms with Crippen LogP contribution in [0.25, 0.3) is 0 Å². The number of rotatable bonds is 1. The summed E-state index contributed by atoms with van der Waals surface area (Å²) >= 11 is 9.37. The molecule has 0 saturated carbocycles. The van der Waals surface area contributed by atoms with Crippen LogP contribution in [0.3, 0.4) is 0 Å². The fraction of sp³-hybridized carbons (Fsp3) is 0.462. The predicted octanol–water partition coefficient (Wildman–Crippen LogP) is 2.88. The van der Waals surface area contributed by atoms with Gasteiger partial charge < -0.3 is 9.80 Å². The number of benzene rings is 1. The lowest BCUT2D eigenvalue weighted by molar-refractivity contribution is 0.0762. The van der Waals surface area contributed by atoms with Gasteiger partial charge in [0.1, 0.15) is 0 Å².